The molecule has 1 fully saturated rings. The summed E-state index contributed by atoms with van der Waals surface area (Å²) in [5.74, 6) is -0.211. The van der Waals surface area contributed by atoms with E-state index in [9.17, 15) is 18.0 Å². The van der Waals surface area contributed by atoms with E-state index < -0.39 is 12.7 Å². The maximum absolute atomic E-state index is 12.3. The Morgan fingerprint density at radius 3 is 2.38 bits per heavy atom. The molecule has 0 aliphatic carbocycles. The molecule has 1 amide bonds. The lowest BCUT2D eigenvalue weighted by atomic mass is 10.2. The lowest BCUT2D eigenvalue weighted by Crippen LogP contribution is -2.49. The second-order valence-electron chi connectivity index (χ2n) is 5.66. The summed E-state index contributed by atoms with van der Waals surface area (Å²) in [6.45, 7) is 1.34. The molecule has 24 heavy (non-hydrogen) atoms. The molecule has 0 radical (unpaired) electrons. The smallest absolute Gasteiger partial charge is 0.325 e. The van der Waals surface area contributed by atoms with Crippen LogP contribution in [0.2, 0.25) is 10.0 Å². The van der Waals surface area contributed by atoms with Crippen molar-refractivity contribution in [3.05, 3.63) is 28.2 Å². The number of piperazine rings is 1. The van der Waals surface area contributed by atoms with Gasteiger partial charge in [0, 0.05) is 44.2 Å². The molecule has 0 unspecified atom stereocenters. The van der Waals surface area contributed by atoms with Gasteiger partial charge in [-0.3, -0.25) is 9.69 Å². The minimum atomic E-state index is -4.17. The number of nitrogens with zero attached hydrogens (tertiary/aromatic N) is 2. The fourth-order valence-electron chi connectivity index (χ4n) is 2.49. The number of anilines is 1. The van der Waals surface area contributed by atoms with E-state index in [1.807, 2.05) is 4.90 Å². The molecule has 1 aromatic carbocycles. The summed E-state index contributed by atoms with van der Waals surface area (Å²) in [6.07, 6.45) is -3.93. The molecule has 0 saturated carbocycles. The number of hydrogen-bond donors (Lipinski definition) is 1. The molecule has 1 aliphatic heterocycles. The minimum absolute atomic E-state index is 0.211. The molecule has 1 saturated heterocycles. The number of benzene rings is 1. The van der Waals surface area contributed by atoms with Crippen molar-refractivity contribution in [3.8, 4) is 0 Å². The third kappa shape index (κ3) is 6.47. The Hall–Kier alpha value is -1.02. The number of carbonyl (C=O) groups is 1. The van der Waals surface area contributed by atoms with Crippen molar-refractivity contribution in [2.24, 2.45) is 0 Å². The highest BCUT2D eigenvalue weighted by Crippen LogP contribution is 2.25. The molecule has 1 aromatic rings. The Bertz CT molecular complexity index is 576. The fraction of sp³-hybridized carbons (Fsp3) is 0.533. The van der Waals surface area contributed by atoms with Crippen LogP contribution in [0.5, 0.6) is 0 Å². The van der Waals surface area contributed by atoms with Crippen LogP contribution in [0.3, 0.4) is 0 Å². The van der Waals surface area contributed by atoms with Gasteiger partial charge in [-0.15, -0.1) is 0 Å². The molecule has 0 spiro atoms. The predicted octanol–water partition coefficient (Wildman–Crippen LogP) is 3.50. The molecule has 1 heterocycles. The van der Waals surface area contributed by atoms with Crippen LogP contribution >= 0.6 is 23.2 Å². The van der Waals surface area contributed by atoms with Crippen molar-refractivity contribution >= 4 is 34.8 Å². The van der Waals surface area contributed by atoms with Crippen LogP contribution in [0.1, 0.15) is 6.42 Å². The fourth-order valence-corrected chi connectivity index (χ4v) is 2.83. The Morgan fingerprint density at radius 1 is 1.12 bits per heavy atom. The second kappa shape index (κ2) is 8.38. The van der Waals surface area contributed by atoms with Gasteiger partial charge < -0.3 is 10.2 Å². The van der Waals surface area contributed by atoms with E-state index in [0.29, 0.717) is 48.5 Å². The van der Waals surface area contributed by atoms with Crippen LogP contribution in [0.15, 0.2) is 18.2 Å². The van der Waals surface area contributed by atoms with E-state index in [2.05, 4.69) is 5.32 Å². The first-order chi connectivity index (χ1) is 11.2. The third-order valence-corrected chi connectivity index (χ3v) is 4.29. The molecule has 1 N–H and O–H groups in total. The summed E-state index contributed by atoms with van der Waals surface area (Å²) < 4.78 is 37.0. The molecular weight excluding hydrogens is 366 g/mol. The lowest BCUT2D eigenvalue weighted by Gasteiger charge is -2.34. The van der Waals surface area contributed by atoms with Gasteiger partial charge in [-0.2, -0.15) is 13.2 Å². The number of alkyl halides is 3. The summed E-state index contributed by atoms with van der Waals surface area (Å²) in [6, 6.07) is 4.79. The van der Waals surface area contributed by atoms with Gasteiger partial charge in [-0.05, 0) is 18.2 Å². The van der Waals surface area contributed by atoms with Crippen molar-refractivity contribution in [2.45, 2.75) is 12.6 Å². The van der Waals surface area contributed by atoms with Crippen LogP contribution in [0, 0.1) is 0 Å². The topological polar surface area (TPSA) is 35.6 Å². The maximum atomic E-state index is 12.3. The minimum Gasteiger partial charge on any atom is -0.325 e. The Kier molecular flexibility index (Phi) is 6.74. The number of carbonyl (C=O) groups excluding carboxylic acids is 1. The summed E-state index contributed by atoms with van der Waals surface area (Å²) in [5.41, 5.74) is 0.448. The number of halogens is 5. The number of amides is 1. The number of hydrogen-bond acceptors (Lipinski definition) is 3. The standard InChI is InChI=1S/C15H18Cl2F3N3O/c16-11-1-2-12(17)13(9-11)21-14(24)3-4-22-5-7-23(8-6-22)10-15(18,19)20/h1-2,9H,3-8,10H2,(H,21,24). The van der Waals surface area contributed by atoms with Crippen LogP contribution in [-0.4, -0.2) is 61.2 Å². The molecule has 0 atom stereocenters. The van der Waals surface area contributed by atoms with Gasteiger partial charge in [0.25, 0.3) is 0 Å². The zero-order valence-electron chi connectivity index (χ0n) is 12.9. The van der Waals surface area contributed by atoms with Gasteiger partial charge >= 0.3 is 6.18 Å². The van der Waals surface area contributed by atoms with Crippen LogP contribution in [-0.2, 0) is 4.79 Å². The molecular formula is C15H18Cl2F3N3O. The van der Waals surface area contributed by atoms with Gasteiger partial charge in [0.05, 0.1) is 17.3 Å². The SMILES string of the molecule is O=C(CCN1CCN(CC(F)(F)F)CC1)Nc1cc(Cl)ccc1Cl. The van der Waals surface area contributed by atoms with Crippen LogP contribution < -0.4 is 5.32 Å². The Morgan fingerprint density at radius 2 is 1.75 bits per heavy atom. The Balaban J connectivity index is 1.72. The monoisotopic (exact) mass is 383 g/mol. The first-order valence-electron chi connectivity index (χ1n) is 7.49. The van der Waals surface area contributed by atoms with Crippen molar-refractivity contribution in [1.82, 2.24) is 9.80 Å². The summed E-state index contributed by atoms with van der Waals surface area (Å²) in [5, 5.41) is 3.55. The molecule has 9 heteroatoms. The van der Waals surface area contributed by atoms with Gasteiger partial charge in [-0.25, -0.2) is 0 Å². The number of nitrogens with one attached hydrogen (secondary N) is 1. The summed E-state index contributed by atoms with van der Waals surface area (Å²) >= 11 is 11.8. The maximum Gasteiger partial charge on any atom is 0.401 e. The highest BCUT2D eigenvalue weighted by atomic mass is 35.5. The normalized spacial score (nSPS) is 17.0. The average Bonchev–Trinajstić information content (AvgIpc) is 2.49. The molecule has 0 bridgehead atoms. The van der Waals surface area contributed by atoms with Gasteiger partial charge in [0.2, 0.25) is 5.91 Å². The third-order valence-electron chi connectivity index (χ3n) is 3.73. The van der Waals surface area contributed by atoms with Crippen LogP contribution in [0.4, 0.5) is 18.9 Å². The van der Waals surface area contributed by atoms with Crippen molar-refractivity contribution in [3.63, 3.8) is 0 Å². The van der Waals surface area contributed by atoms with Crippen molar-refractivity contribution in [2.75, 3.05) is 44.6 Å². The van der Waals surface area contributed by atoms with Gasteiger partial charge in [0.15, 0.2) is 0 Å². The molecule has 2 rings (SSSR count). The van der Waals surface area contributed by atoms with E-state index >= 15 is 0 Å². The van der Waals surface area contributed by atoms with E-state index in [1.165, 1.54) is 4.90 Å². The highest BCUT2D eigenvalue weighted by molar-refractivity contribution is 6.35. The predicted molar refractivity (Wildman–Crippen MR) is 88.6 cm³/mol. The van der Waals surface area contributed by atoms with E-state index in [1.54, 1.807) is 18.2 Å². The van der Waals surface area contributed by atoms with Crippen molar-refractivity contribution in [1.29, 1.82) is 0 Å². The van der Waals surface area contributed by atoms with E-state index in [0.717, 1.165) is 0 Å². The first kappa shape index (κ1) is 19.3. The zero-order chi connectivity index (χ0) is 17.7. The molecule has 1 aliphatic rings. The lowest BCUT2D eigenvalue weighted by molar-refractivity contribution is -0.149. The second-order valence-corrected chi connectivity index (χ2v) is 6.50. The van der Waals surface area contributed by atoms with Crippen molar-refractivity contribution < 1.29 is 18.0 Å². The summed E-state index contributed by atoms with van der Waals surface area (Å²) in [4.78, 5) is 15.3. The van der Waals surface area contributed by atoms with Gasteiger partial charge in [0.1, 0.15) is 0 Å². The van der Waals surface area contributed by atoms with E-state index in [4.69, 9.17) is 23.2 Å². The number of rotatable bonds is 5. The zero-order valence-corrected chi connectivity index (χ0v) is 14.4. The Labute approximate surface area is 148 Å². The summed E-state index contributed by atoms with van der Waals surface area (Å²) in [7, 11) is 0. The van der Waals surface area contributed by atoms with Gasteiger partial charge in [-0.1, -0.05) is 23.2 Å². The average molecular weight is 384 g/mol. The molecule has 134 valence electrons. The largest absolute Gasteiger partial charge is 0.401 e. The molecule has 4 nitrogen and oxygen atoms in total. The quantitative estimate of drug-likeness (QED) is 0.844. The first-order valence-corrected chi connectivity index (χ1v) is 8.25. The molecule has 0 aromatic heterocycles. The highest BCUT2D eigenvalue weighted by Gasteiger charge is 2.32. The van der Waals surface area contributed by atoms with Crippen LogP contribution in [0.25, 0.3) is 0 Å². The van der Waals surface area contributed by atoms with E-state index in [-0.39, 0.29) is 12.3 Å².